The Morgan fingerprint density at radius 3 is 1.96 bits per heavy atom. The first kappa shape index (κ1) is 16.3. The van der Waals surface area contributed by atoms with Crippen molar-refractivity contribution in [3.05, 3.63) is 62.5 Å². The van der Waals surface area contributed by atoms with E-state index in [9.17, 15) is 0 Å². The van der Waals surface area contributed by atoms with Gasteiger partial charge in [0.05, 0.1) is 11.6 Å². The van der Waals surface area contributed by atoms with Crippen molar-refractivity contribution in [3.63, 3.8) is 0 Å². The fraction of sp³-hybridized carbons (Fsp3) is 0.158. The molecule has 1 aromatic heterocycles. The second kappa shape index (κ2) is 6.54. The number of methoxy groups -OCH3 is 1. The van der Waals surface area contributed by atoms with Crippen molar-refractivity contribution < 1.29 is 9.15 Å². The molecule has 0 aliphatic rings. The smallest absolute Gasteiger partial charge is 0.138 e. The van der Waals surface area contributed by atoms with Crippen LogP contribution in [0, 0.1) is 13.8 Å². The summed E-state index contributed by atoms with van der Waals surface area (Å²) in [7, 11) is 1.66. The van der Waals surface area contributed by atoms with E-state index in [1.807, 2.05) is 30.3 Å². The van der Waals surface area contributed by atoms with Crippen LogP contribution in [0.15, 0.2) is 55.8 Å². The average molecular weight is 436 g/mol. The molecule has 0 radical (unpaired) electrons. The molecule has 0 unspecified atom stereocenters. The van der Waals surface area contributed by atoms with Crippen molar-refractivity contribution in [1.82, 2.24) is 0 Å². The van der Waals surface area contributed by atoms with E-state index in [2.05, 4.69) is 57.8 Å². The van der Waals surface area contributed by atoms with Gasteiger partial charge in [0.25, 0.3) is 0 Å². The van der Waals surface area contributed by atoms with Gasteiger partial charge in [0.15, 0.2) is 0 Å². The summed E-state index contributed by atoms with van der Waals surface area (Å²) in [5.74, 6) is 2.61. The molecule has 0 N–H and O–H groups in total. The van der Waals surface area contributed by atoms with Gasteiger partial charge in [-0.25, -0.2) is 0 Å². The molecule has 3 aromatic rings. The zero-order valence-electron chi connectivity index (χ0n) is 13.1. The van der Waals surface area contributed by atoms with Gasteiger partial charge in [-0.3, -0.25) is 0 Å². The quantitative estimate of drug-likeness (QED) is 0.453. The number of furan rings is 1. The number of halogens is 2. The molecule has 0 saturated heterocycles. The fourth-order valence-electron chi connectivity index (χ4n) is 2.56. The summed E-state index contributed by atoms with van der Waals surface area (Å²) in [6, 6.07) is 14.1. The minimum absolute atomic E-state index is 0.808. The Labute approximate surface area is 152 Å². The van der Waals surface area contributed by atoms with Crippen molar-refractivity contribution in [3.8, 4) is 28.4 Å². The molecule has 0 spiro atoms. The molecule has 3 rings (SSSR count). The van der Waals surface area contributed by atoms with Crippen molar-refractivity contribution >= 4 is 31.9 Å². The summed E-state index contributed by atoms with van der Waals surface area (Å²) < 4.78 is 13.5. The molecule has 0 aliphatic heterocycles. The van der Waals surface area contributed by atoms with E-state index in [4.69, 9.17) is 9.15 Å². The van der Waals surface area contributed by atoms with Gasteiger partial charge in [0.2, 0.25) is 0 Å². The highest BCUT2D eigenvalue weighted by Crippen LogP contribution is 2.38. The van der Waals surface area contributed by atoms with E-state index in [0.717, 1.165) is 48.5 Å². The standard InChI is InChI=1S/C19H16Br2O2/c1-11-12(2)19(14-6-9-17(22-3)16(21)10-14)23-18(11)13-4-7-15(20)8-5-13/h4-10H,1-3H3. The summed E-state index contributed by atoms with van der Waals surface area (Å²) in [5.41, 5.74) is 4.42. The van der Waals surface area contributed by atoms with E-state index in [-0.39, 0.29) is 0 Å². The van der Waals surface area contributed by atoms with Crippen LogP contribution in [0.2, 0.25) is 0 Å². The zero-order valence-corrected chi connectivity index (χ0v) is 16.3. The molecular formula is C19H16Br2O2. The Hall–Kier alpha value is -1.52. The number of rotatable bonds is 3. The molecule has 0 atom stereocenters. The average Bonchev–Trinajstić information content (AvgIpc) is 2.84. The van der Waals surface area contributed by atoms with E-state index in [0.29, 0.717) is 0 Å². The second-order valence-electron chi connectivity index (χ2n) is 5.37. The molecule has 118 valence electrons. The summed E-state index contributed by atoms with van der Waals surface area (Å²) in [6.07, 6.45) is 0. The third-order valence-corrected chi connectivity index (χ3v) is 5.12. The topological polar surface area (TPSA) is 22.4 Å². The molecular weight excluding hydrogens is 420 g/mol. The molecule has 0 saturated carbocycles. The second-order valence-corrected chi connectivity index (χ2v) is 7.14. The van der Waals surface area contributed by atoms with Gasteiger partial charge in [0, 0.05) is 15.6 Å². The van der Waals surface area contributed by atoms with Crippen LogP contribution in [0.5, 0.6) is 5.75 Å². The van der Waals surface area contributed by atoms with Gasteiger partial charge >= 0.3 is 0 Å². The highest BCUT2D eigenvalue weighted by Gasteiger charge is 2.17. The van der Waals surface area contributed by atoms with E-state index < -0.39 is 0 Å². The molecule has 2 aromatic carbocycles. The summed E-state index contributed by atoms with van der Waals surface area (Å²) in [4.78, 5) is 0. The lowest BCUT2D eigenvalue weighted by Crippen LogP contribution is -1.85. The van der Waals surface area contributed by atoms with Gasteiger partial charge in [-0.1, -0.05) is 28.1 Å². The summed E-state index contributed by atoms with van der Waals surface area (Å²) in [6.45, 7) is 4.19. The van der Waals surface area contributed by atoms with Crippen LogP contribution in [0.4, 0.5) is 0 Å². The molecule has 0 fully saturated rings. The SMILES string of the molecule is COc1ccc(-c2oc(-c3ccc(Br)cc3)c(C)c2C)cc1Br. The van der Waals surface area contributed by atoms with Crippen LogP contribution in [-0.4, -0.2) is 7.11 Å². The Morgan fingerprint density at radius 1 is 0.826 bits per heavy atom. The van der Waals surface area contributed by atoms with Gasteiger partial charge < -0.3 is 9.15 Å². The van der Waals surface area contributed by atoms with Crippen LogP contribution in [-0.2, 0) is 0 Å². The Morgan fingerprint density at radius 2 is 1.39 bits per heavy atom. The first-order valence-electron chi connectivity index (χ1n) is 7.21. The maximum absolute atomic E-state index is 6.21. The highest BCUT2D eigenvalue weighted by molar-refractivity contribution is 9.10. The van der Waals surface area contributed by atoms with E-state index >= 15 is 0 Å². The lowest BCUT2D eigenvalue weighted by Gasteiger charge is -2.05. The molecule has 0 bridgehead atoms. The predicted octanol–water partition coefficient (Wildman–Crippen LogP) is 6.76. The van der Waals surface area contributed by atoms with Gasteiger partial charge in [0.1, 0.15) is 17.3 Å². The van der Waals surface area contributed by atoms with E-state index in [1.54, 1.807) is 7.11 Å². The Bertz CT molecular complexity index is 849. The largest absolute Gasteiger partial charge is 0.496 e. The van der Waals surface area contributed by atoms with Crippen LogP contribution in [0.3, 0.4) is 0 Å². The first-order valence-corrected chi connectivity index (χ1v) is 8.79. The summed E-state index contributed by atoms with van der Waals surface area (Å²) in [5, 5.41) is 0. The maximum atomic E-state index is 6.21. The normalized spacial score (nSPS) is 10.8. The van der Waals surface area contributed by atoms with Crippen molar-refractivity contribution in [2.75, 3.05) is 7.11 Å². The number of hydrogen-bond acceptors (Lipinski definition) is 2. The lowest BCUT2D eigenvalue weighted by molar-refractivity contribution is 0.412. The molecule has 0 aliphatic carbocycles. The van der Waals surface area contributed by atoms with Crippen LogP contribution in [0.25, 0.3) is 22.6 Å². The van der Waals surface area contributed by atoms with Crippen LogP contribution < -0.4 is 4.74 Å². The minimum Gasteiger partial charge on any atom is -0.496 e. The van der Waals surface area contributed by atoms with Crippen molar-refractivity contribution in [1.29, 1.82) is 0 Å². The van der Waals surface area contributed by atoms with Crippen molar-refractivity contribution in [2.45, 2.75) is 13.8 Å². The molecule has 2 nitrogen and oxygen atoms in total. The minimum atomic E-state index is 0.808. The van der Waals surface area contributed by atoms with Gasteiger partial charge in [-0.15, -0.1) is 0 Å². The van der Waals surface area contributed by atoms with Gasteiger partial charge in [-0.2, -0.15) is 0 Å². The summed E-state index contributed by atoms with van der Waals surface area (Å²) >= 11 is 7.00. The van der Waals surface area contributed by atoms with Crippen LogP contribution in [0.1, 0.15) is 11.1 Å². The Kier molecular flexibility index (Phi) is 4.64. The van der Waals surface area contributed by atoms with Crippen molar-refractivity contribution in [2.24, 2.45) is 0 Å². The predicted molar refractivity (Wildman–Crippen MR) is 101 cm³/mol. The number of benzene rings is 2. The monoisotopic (exact) mass is 434 g/mol. The van der Waals surface area contributed by atoms with Gasteiger partial charge in [-0.05, 0) is 71.2 Å². The Balaban J connectivity index is 2.09. The van der Waals surface area contributed by atoms with E-state index in [1.165, 1.54) is 0 Å². The maximum Gasteiger partial charge on any atom is 0.138 e. The first-order chi connectivity index (χ1) is 11.0. The zero-order chi connectivity index (χ0) is 16.6. The van der Waals surface area contributed by atoms with Crippen LogP contribution >= 0.6 is 31.9 Å². The molecule has 1 heterocycles. The highest BCUT2D eigenvalue weighted by atomic mass is 79.9. The lowest BCUT2D eigenvalue weighted by atomic mass is 10.0. The number of hydrogen-bond donors (Lipinski definition) is 0. The molecule has 23 heavy (non-hydrogen) atoms. The molecule has 0 amide bonds. The number of ether oxygens (including phenoxy) is 1. The third kappa shape index (κ3) is 3.10. The third-order valence-electron chi connectivity index (χ3n) is 3.97. The fourth-order valence-corrected chi connectivity index (χ4v) is 3.36. The molecule has 4 heteroatoms.